The Morgan fingerprint density at radius 1 is 1.48 bits per heavy atom. The van der Waals surface area contributed by atoms with Crippen molar-refractivity contribution in [1.82, 2.24) is 19.9 Å². The lowest BCUT2D eigenvalue weighted by molar-refractivity contribution is 0.0748. The smallest absolute Gasteiger partial charge is 0.254 e. The van der Waals surface area contributed by atoms with Gasteiger partial charge < -0.3 is 10.0 Å². The van der Waals surface area contributed by atoms with Crippen molar-refractivity contribution in [2.24, 2.45) is 0 Å². The molecule has 0 bridgehead atoms. The summed E-state index contributed by atoms with van der Waals surface area (Å²) in [6.45, 7) is 6.79. The van der Waals surface area contributed by atoms with Crippen LogP contribution < -0.4 is 0 Å². The van der Waals surface area contributed by atoms with Crippen LogP contribution in [0.15, 0.2) is 24.3 Å². The SMILES string of the molecule is C#C/C=C(\C)n1nnc(-c2ccc3c(c2)CN(CCC(C)O)C3=O)c1CC. The molecule has 0 fully saturated rings. The largest absolute Gasteiger partial charge is 0.393 e. The molecule has 0 saturated carbocycles. The molecular formula is C21H24N4O2. The number of carbonyl (C=O) groups excluding carboxylic acids is 1. The number of allylic oxidation sites excluding steroid dienone is 2. The quantitative estimate of drug-likeness (QED) is 0.800. The number of aliphatic hydroxyl groups excluding tert-OH is 1. The Labute approximate surface area is 159 Å². The first-order valence-electron chi connectivity index (χ1n) is 9.14. The van der Waals surface area contributed by atoms with Gasteiger partial charge >= 0.3 is 0 Å². The Hall–Kier alpha value is -2.91. The maximum atomic E-state index is 12.5. The molecule has 3 rings (SSSR count). The number of amides is 1. The van der Waals surface area contributed by atoms with E-state index in [-0.39, 0.29) is 5.91 Å². The van der Waals surface area contributed by atoms with Crippen molar-refractivity contribution in [3.05, 3.63) is 41.1 Å². The minimum Gasteiger partial charge on any atom is -0.393 e. The normalized spacial score (nSPS) is 15.0. The molecule has 1 amide bonds. The standard InChI is InChI=1S/C21H24N4O2/c1-5-7-14(3)25-19(6-2)20(22-23-25)16-8-9-18-17(12-16)13-24(21(18)27)11-10-15(4)26/h1,7-9,12,15,26H,6,10-11,13H2,2-4H3/b14-7+. The number of fused-ring (bicyclic) bond motifs is 1. The zero-order valence-electron chi connectivity index (χ0n) is 15.9. The van der Waals surface area contributed by atoms with E-state index in [9.17, 15) is 9.90 Å². The lowest BCUT2D eigenvalue weighted by Crippen LogP contribution is -2.27. The Balaban J connectivity index is 1.92. The maximum absolute atomic E-state index is 12.5. The van der Waals surface area contributed by atoms with Crippen molar-refractivity contribution in [3.63, 3.8) is 0 Å². The molecule has 0 radical (unpaired) electrons. The van der Waals surface area contributed by atoms with Gasteiger partial charge in [0.25, 0.3) is 5.91 Å². The van der Waals surface area contributed by atoms with Crippen molar-refractivity contribution in [2.75, 3.05) is 6.54 Å². The predicted molar refractivity (Wildman–Crippen MR) is 105 cm³/mol. The second kappa shape index (κ2) is 7.77. The molecule has 2 aromatic rings. The zero-order valence-corrected chi connectivity index (χ0v) is 15.9. The predicted octanol–water partition coefficient (Wildman–Crippen LogP) is 2.73. The highest BCUT2D eigenvalue weighted by atomic mass is 16.3. The van der Waals surface area contributed by atoms with Crippen LogP contribution in [0.25, 0.3) is 17.0 Å². The van der Waals surface area contributed by atoms with Crippen LogP contribution in [0.4, 0.5) is 0 Å². The Kier molecular flexibility index (Phi) is 5.43. The number of carbonyl (C=O) groups is 1. The molecule has 0 spiro atoms. The van der Waals surface area contributed by atoms with Gasteiger partial charge in [-0.15, -0.1) is 11.5 Å². The first-order chi connectivity index (χ1) is 13.0. The number of nitrogens with zero attached hydrogens (tertiary/aromatic N) is 4. The van der Waals surface area contributed by atoms with Crippen molar-refractivity contribution in [2.45, 2.75) is 46.3 Å². The fraction of sp³-hybridized carbons (Fsp3) is 0.381. The van der Waals surface area contributed by atoms with E-state index >= 15 is 0 Å². The highest BCUT2D eigenvalue weighted by Gasteiger charge is 2.28. The average molecular weight is 364 g/mol. The number of aliphatic hydroxyl groups is 1. The van der Waals surface area contributed by atoms with E-state index in [1.165, 1.54) is 0 Å². The first kappa shape index (κ1) is 18.9. The van der Waals surface area contributed by atoms with Crippen LogP contribution in [0.5, 0.6) is 0 Å². The molecule has 1 aliphatic rings. The molecule has 27 heavy (non-hydrogen) atoms. The summed E-state index contributed by atoms with van der Waals surface area (Å²) >= 11 is 0. The highest BCUT2D eigenvalue weighted by molar-refractivity contribution is 5.99. The van der Waals surface area contributed by atoms with Crippen molar-refractivity contribution in [1.29, 1.82) is 0 Å². The molecule has 1 aromatic carbocycles. The zero-order chi connectivity index (χ0) is 19.6. The van der Waals surface area contributed by atoms with E-state index in [0.29, 0.717) is 19.5 Å². The van der Waals surface area contributed by atoms with E-state index in [1.54, 1.807) is 22.6 Å². The van der Waals surface area contributed by atoms with Gasteiger partial charge in [-0.25, -0.2) is 4.68 Å². The van der Waals surface area contributed by atoms with Gasteiger partial charge in [-0.2, -0.15) is 0 Å². The lowest BCUT2D eigenvalue weighted by atomic mass is 10.0. The second-order valence-electron chi connectivity index (χ2n) is 6.84. The molecule has 1 aliphatic heterocycles. The lowest BCUT2D eigenvalue weighted by Gasteiger charge is -2.16. The van der Waals surface area contributed by atoms with Crippen molar-refractivity contribution in [3.8, 4) is 23.6 Å². The van der Waals surface area contributed by atoms with Crippen LogP contribution in [0.1, 0.15) is 48.8 Å². The summed E-state index contributed by atoms with van der Waals surface area (Å²) in [5.41, 5.74) is 5.27. The van der Waals surface area contributed by atoms with Crippen LogP contribution in [0.2, 0.25) is 0 Å². The number of hydrogen-bond donors (Lipinski definition) is 1. The van der Waals surface area contributed by atoms with Crippen LogP contribution >= 0.6 is 0 Å². The van der Waals surface area contributed by atoms with Crippen molar-refractivity contribution >= 4 is 11.6 Å². The van der Waals surface area contributed by atoms with Gasteiger partial charge in [0.2, 0.25) is 0 Å². The van der Waals surface area contributed by atoms with E-state index in [1.807, 2.05) is 25.1 Å². The Morgan fingerprint density at radius 3 is 2.93 bits per heavy atom. The molecule has 0 aliphatic carbocycles. The summed E-state index contributed by atoms with van der Waals surface area (Å²) in [4.78, 5) is 14.3. The fourth-order valence-corrected chi connectivity index (χ4v) is 3.36. The number of hydrogen-bond acceptors (Lipinski definition) is 4. The summed E-state index contributed by atoms with van der Waals surface area (Å²) in [7, 11) is 0. The molecule has 1 N–H and O–H groups in total. The molecule has 2 heterocycles. The minimum atomic E-state index is -0.418. The first-order valence-corrected chi connectivity index (χ1v) is 9.14. The second-order valence-corrected chi connectivity index (χ2v) is 6.84. The van der Waals surface area contributed by atoms with Crippen LogP contribution in [-0.2, 0) is 13.0 Å². The van der Waals surface area contributed by atoms with Gasteiger partial charge in [-0.05, 0) is 44.4 Å². The van der Waals surface area contributed by atoms with Crippen LogP contribution in [0.3, 0.4) is 0 Å². The number of aromatic nitrogens is 3. The Bertz CT molecular complexity index is 934. The molecular weight excluding hydrogens is 340 g/mol. The van der Waals surface area contributed by atoms with Gasteiger partial charge in [0.15, 0.2) is 0 Å². The minimum absolute atomic E-state index is 0.0179. The summed E-state index contributed by atoms with van der Waals surface area (Å²) in [6.07, 6.45) is 7.94. The van der Waals surface area contributed by atoms with Gasteiger partial charge in [0.05, 0.1) is 11.8 Å². The summed E-state index contributed by atoms with van der Waals surface area (Å²) in [6, 6.07) is 5.80. The third-order valence-corrected chi connectivity index (χ3v) is 4.80. The van der Waals surface area contributed by atoms with Crippen LogP contribution in [0, 0.1) is 12.3 Å². The number of terminal acetylenes is 1. The summed E-state index contributed by atoms with van der Waals surface area (Å²) < 4.78 is 1.77. The molecule has 1 atom stereocenters. The van der Waals surface area contributed by atoms with Gasteiger partial charge in [0, 0.05) is 36.0 Å². The van der Waals surface area contributed by atoms with Crippen LogP contribution in [-0.4, -0.2) is 43.6 Å². The highest BCUT2D eigenvalue weighted by Crippen LogP contribution is 2.30. The molecule has 1 unspecified atom stereocenters. The topological polar surface area (TPSA) is 71.2 Å². The third-order valence-electron chi connectivity index (χ3n) is 4.80. The molecule has 6 nitrogen and oxygen atoms in total. The summed E-state index contributed by atoms with van der Waals surface area (Å²) in [5.74, 6) is 2.54. The maximum Gasteiger partial charge on any atom is 0.254 e. The van der Waals surface area contributed by atoms with E-state index < -0.39 is 6.10 Å². The molecule has 6 heteroatoms. The van der Waals surface area contributed by atoms with E-state index in [0.717, 1.165) is 40.2 Å². The monoisotopic (exact) mass is 364 g/mol. The fourth-order valence-electron chi connectivity index (χ4n) is 3.36. The van der Waals surface area contributed by atoms with Gasteiger partial charge in [-0.3, -0.25) is 4.79 Å². The molecule has 1 aromatic heterocycles. The average Bonchev–Trinajstić information content (AvgIpc) is 3.21. The molecule has 140 valence electrons. The Morgan fingerprint density at radius 2 is 2.26 bits per heavy atom. The van der Waals surface area contributed by atoms with Gasteiger partial charge in [-0.1, -0.05) is 24.1 Å². The number of rotatable bonds is 6. The molecule has 0 saturated heterocycles. The van der Waals surface area contributed by atoms with E-state index in [4.69, 9.17) is 6.42 Å². The summed E-state index contributed by atoms with van der Waals surface area (Å²) in [5, 5.41) is 18.1. The number of benzene rings is 1. The van der Waals surface area contributed by atoms with Gasteiger partial charge in [0.1, 0.15) is 5.69 Å². The third kappa shape index (κ3) is 3.64. The van der Waals surface area contributed by atoms with E-state index in [2.05, 4.69) is 23.2 Å². The van der Waals surface area contributed by atoms with Crippen molar-refractivity contribution < 1.29 is 9.90 Å².